The average Bonchev–Trinajstić information content (AvgIpc) is 2.94. The molecule has 0 radical (unpaired) electrons. The Balaban J connectivity index is 1.80. The zero-order valence-corrected chi connectivity index (χ0v) is 13.1. The summed E-state index contributed by atoms with van der Waals surface area (Å²) in [5.41, 5.74) is 6.57. The third kappa shape index (κ3) is 4.21. The molecule has 4 heteroatoms. The van der Waals surface area contributed by atoms with Crippen LogP contribution in [0.25, 0.3) is 0 Å². The summed E-state index contributed by atoms with van der Waals surface area (Å²) in [7, 11) is 0. The molecule has 1 aliphatic rings. The molecule has 116 valence electrons. The second kappa shape index (κ2) is 6.94. The first-order valence-corrected chi connectivity index (χ1v) is 7.90. The van der Waals surface area contributed by atoms with Crippen LogP contribution in [0, 0.1) is 5.92 Å². The monoisotopic (exact) mass is 289 g/mol. The van der Waals surface area contributed by atoms with Gasteiger partial charge in [-0.1, -0.05) is 31.5 Å². The van der Waals surface area contributed by atoms with Gasteiger partial charge in [0.25, 0.3) is 0 Å². The van der Waals surface area contributed by atoms with Crippen molar-refractivity contribution < 1.29 is 4.79 Å². The van der Waals surface area contributed by atoms with Gasteiger partial charge in [0, 0.05) is 25.3 Å². The third-order valence-electron chi connectivity index (χ3n) is 4.25. The van der Waals surface area contributed by atoms with Gasteiger partial charge < -0.3 is 16.0 Å². The Labute approximate surface area is 127 Å². The number of para-hydroxylation sites is 1. The number of rotatable bonds is 6. The Kier molecular flexibility index (Phi) is 5.23. The number of hydrogen-bond donors (Lipinski definition) is 2. The van der Waals surface area contributed by atoms with Crippen LogP contribution in [0.3, 0.4) is 0 Å². The summed E-state index contributed by atoms with van der Waals surface area (Å²) in [6, 6.07) is 10.4. The van der Waals surface area contributed by atoms with Crippen molar-refractivity contribution in [1.82, 2.24) is 5.32 Å². The molecular formula is C17H27N3O. The lowest BCUT2D eigenvalue weighted by atomic mass is 9.96. The molecule has 0 spiro atoms. The molecule has 1 amide bonds. The van der Waals surface area contributed by atoms with Crippen molar-refractivity contribution in [1.29, 1.82) is 0 Å². The molecule has 0 saturated carbocycles. The van der Waals surface area contributed by atoms with Crippen molar-refractivity contribution in [2.24, 2.45) is 11.7 Å². The second-order valence-corrected chi connectivity index (χ2v) is 6.31. The molecule has 0 aliphatic carbocycles. The molecule has 1 aromatic rings. The zero-order chi connectivity index (χ0) is 15.3. The Morgan fingerprint density at radius 2 is 2.14 bits per heavy atom. The van der Waals surface area contributed by atoms with Crippen LogP contribution in [-0.4, -0.2) is 31.1 Å². The lowest BCUT2D eigenvalue weighted by Crippen LogP contribution is -2.52. The van der Waals surface area contributed by atoms with E-state index in [9.17, 15) is 4.79 Å². The van der Waals surface area contributed by atoms with E-state index in [1.54, 1.807) is 0 Å². The van der Waals surface area contributed by atoms with E-state index in [1.165, 1.54) is 5.69 Å². The lowest BCUT2D eigenvalue weighted by Gasteiger charge is -2.24. The van der Waals surface area contributed by atoms with Crippen LogP contribution in [0.2, 0.25) is 0 Å². The van der Waals surface area contributed by atoms with Crippen molar-refractivity contribution in [2.75, 3.05) is 24.5 Å². The molecular weight excluding hydrogens is 262 g/mol. The van der Waals surface area contributed by atoms with E-state index in [0.29, 0.717) is 5.92 Å². The number of nitrogens with zero attached hydrogens (tertiary/aromatic N) is 1. The maximum absolute atomic E-state index is 12.1. The van der Waals surface area contributed by atoms with Gasteiger partial charge in [-0.05, 0) is 37.8 Å². The van der Waals surface area contributed by atoms with E-state index < -0.39 is 5.54 Å². The standard InChI is InChI=1S/C17H27N3O/c1-3-10-17(2,18)16(21)19-12-14-9-11-20(13-14)15-7-5-4-6-8-15/h4-8,14H,3,9-13,18H2,1-2H3,(H,19,21). The Hall–Kier alpha value is -1.55. The molecule has 3 N–H and O–H groups in total. The van der Waals surface area contributed by atoms with E-state index in [0.717, 1.165) is 38.9 Å². The summed E-state index contributed by atoms with van der Waals surface area (Å²) in [5.74, 6) is 0.481. The van der Waals surface area contributed by atoms with E-state index in [4.69, 9.17) is 5.73 Å². The van der Waals surface area contributed by atoms with Gasteiger partial charge in [-0.2, -0.15) is 0 Å². The number of benzene rings is 1. The fraction of sp³-hybridized carbons (Fsp3) is 0.588. The quantitative estimate of drug-likeness (QED) is 0.843. The molecule has 1 saturated heterocycles. The van der Waals surface area contributed by atoms with E-state index in [1.807, 2.05) is 19.9 Å². The van der Waals surface area contributed by atoms with E-state index >= 15 is 0 Å². The van der Waals surface area contributed by atoms with Crippen molar-refractivity contribution in [3.05, 3.63) is 30.3 Å². The van der Waals surface area contributed by atoms with Crippen LogP contribution >= 0.6 is 0 Å². The molecule has 4 nitrogen and oxygen atoms in total. The number of amides is 1. The summed E-state index contributed by atoms with van der Waals surface area (Å²) in [6.07, 6.45) is 2.76. The minimum Gasteiger partial charge on any atom is -0.371 e. The van der Waals surface area contributed by atoms with Gasteiger partial charge >= 0.3 is 0 Å². The number of anilines is 1. The van der Waals surface area contributed by atoms with Crippen LogP contribution in [0.5, 0.6) is 0 Å². The summed E-state index contributed by atoms with van der Waals surface area (Å²) in [6.45, 7) is 6.64. The van der Waals surface area contributed by atoms with E-state index in [2.05, 4.69) is 34.5 Å². The summed E-state index contributed by atoms with van der Waals surface area (Å²) in [5, 5.41) is 3.03. The van der Waals surface area contributed by atoms with Crippen LogP contribution in [0.15, 0.2) is 30.3 Å². The Bertz CT molecular complexity index is 458. The van der Waals surface area contributed by atoms with Crippen molar-refractivity contribution in [2.45, 2.75) is 38.6 Å². The summed E-state index contributed by atoms with van der Waals surface area (Å²) < 4.78 is 0. The van der Waals surface area contributed by atoms with Gasteiger partial charge in [0.2, 0.25) is 5.91 Å². The molecule has 0 bridgehead atoms. The predicted octanol–water partition coefficient (Wildman–Crippen LogP) is 2.15. The Morgan fingerprint density at radius 3 is 2.81 bits per heavy atom. The van der Waals surface area contributed by atoms with Crippen molar-refractivity contribution in [3.63, 3.8) is 0 Å². The Morgan fingerprint density at radius 1 is 1.43 bits per heavy atom. The molecule has 1 aliphatic heterocycles. The number of carbonyl (C=O) groups is 1. The second-order valence-electron chi connectivity index (χ2n) is 6.31. The van der Waals surface area contributed by atoms with Crippen molar-refractivity contribution >= 4 is 11.6 Å². The molecule has 21 heavy (non-hydrogen) atoms. The average molecular weight is 289 g/mol. The van der Waals surface area contributed by atoms with Crippen LogP contribution in [0.1, 0.15) is 33.1 Å². The minimum atomic E-state index is -0.744. The third-order valence-corrected chi connectivity index (χ3v) is 4.25. The number of hydrogen-bond acceptors (Lipinski definition) is 3. The largest absolute Gasteiger partial charge is 0.371 e. The lowest BCUT2D eigenvalue weighted by molar-refractivity contribution is -0.126. The highest BCUT2D eigenvalue weighted by molar-refractivity contribution is 5.85. The van der Waals surface area contributed by atoms with Crippen LogP contribution in [-0.2, 0) is 4.79 Å². The SMILES string of the molecule is CCCC(C)(N)C(=O)NCC1CCN(c2ccccc2)C1. The highest BCUT2D eigenvalue weighted by atomic mass is 16.2. The molecule has 1 aromatic carbocycles. The summed E-state index contributed by atoms with van der Waals surface area (Å²) in [4.78, 5) is 14.5. The highest BCUT2D eigenvalue weighted by Gasteiger charge is 2.29. The molecule has 2 rings (SSSR count). The topological polar surface area (TPSA) is 58.4 Å². The van der Waals surface area contributed by atoms with Crippen LogP contribution < -0.4 is 16.0 Å². The van der Waals surface area contributed by atoms with Crippen molar-refractivity contribution in [3.8, 4) is 0 Å². The minimum absolute atomic E-state index is 0.0255. The molecule has 0 aromatic heterocycles. The first-order valence-electron chi connectivity index (χ1n) is 7.90. The predicted molar refractivity (Wildman–Crippen MR) is 87.3 cm³/mol. The fourth-order valence-corrected chi connectivity index (χ4v) is 2.94. The van der Waals surface area contributed by atoms with Gasteiger partial charge in [-0.15, -0.1) is 0 Å². The van der Waals surface area contributed by atoms with Gasteiger partial charge in [-0.3, -0.25) is 4.79 Å². The molecule has 2 unspecified atom stereocenters. The van der Waals surface area contributed by atoms with Gasteiger partial charge in [0.05, 0.1) is 5.54 Å². The summed E-state index contributed by atoms with van der Waals surface area (Å²) >= 11 is 0. The maximum atomic E-state index is 12.1. The smallest absolute Gasteiger partial charge is 0.239 e. The molecule has 2 atom stereocenters. The van der Waals surface area contributed by atoms with Gasteiger partial charge in [0.1, 0.15) is 0 Å². The molecule has 1 fully saturated rings. The normalized spacial score (nSPS) is 21.1. The first-order chi connectivity index (χ1) is 10.0. The molecule has 1 heterocycles. The maximum Gasteiger partial charge on any atom is 0.239 e. The zero-order valence-electron chi connectivity index (χ0n) is 13.1. The van der Waals surface area contributed by atoms with Gasteiger partial charge in [-0.25, -0.2) is 0 Å². The highest BCUT2D eigenvalue weighted by Crippen LogP contribution is 2.23. The number of nitrogens with one attached hydrogen (secondary N) is 1. The first kappa shape index (κ1) is 15.8. The van der Waals surface area contributed by atoms with Gasteiger partial charge in [0.15, 0.2) is 0 Å². The number of carbonyl (C=O) groups excluding carboxylic acids is 1. The van der Waals surface area contributed by atoms with E-state index in [-0.39, 0.29) is 5.91 Å². The van der Waals surface area contributed by atoms with Crippen LogP contribution in [0.4, 0.5) is 5.69 Å². The fourth-order valence-electron chi connectivity index (χ4n) is 2.94. The number of nitrogens with two attached hydrogens (primary N) is 1.